The summed E-state index contributed by atoms with van der Waals surface area (Å²) in [5.74, 6) is 1.18. The predicted molar refractivity (Wildman–Crippen MR) is 117 cm³/mol. The molecule has 1 fully saturated rings. The molecule has 6 rings (SSSR count). The normalized spacial score (nSPS) is 23.7. The van der Waals surface area contributed by atoms with Crippen molar-refractivity contribution in [1.82, 2.24) is 0 Å². The van der Waals surface area contributed by atoms with Crippen molar-refractivity contribution in [3.63, 3.8) is 0 Å². The monoisotopic (exact) mass is 376 g/mol. The first-order chi connectivity index (χ1) is 14.3. The largest absolute Gasteiger partial charge is 0.476 e. The predicted octanol–water partition coefficient (Wildman–Crippen LogP) is 5.05. The summed E-state index contributed by atoms with van der Waals surface area (Å²) in [6.45, 7) is 0. The molecule has 1 heteroatoms. The Morgan fingerprint density at radius 3 is 2.10 bits per heavy atom. The first-order valence-corrected chi connectivity index (χ1v) is 10.6. The Labute approximate surface area is 171 Å². The van der Waals surface area contributed by atoms with Crippen molar-refractivity contribution < 1.29 is 4.74 Å². The van der Waals surface area contributed by atoms with Crippen LogP contribution in [-0.2, 0) is 10.3 Å². The average molecular weight is 376 g/mol. The minimum Gasteiger partial charge on any atom is -0.476 e. The van der Waals surface area contributed by atoms with Crippen LogP contribution in [0, 0.1) is 5.41 Å². The Hall–Kier alpha value is -3.06. The van der Waals surface area contributed by atoms with Crippen LogP contribution in [0.4, 0.5) is 0 Å². The number of benzene rings is 3. The molecule has 1 spiro atoms. The van der Waals surface area contributed by atoms with Gasteiger partial charge in [-0.15, -0.1) is 0 Å². The van der Waals surface area contributed by atoms with E-state index in [0.717, 1.165) is 12.8 Å². The molecule has 0 bridgehead atoms. The van der Waals surface area contributed by atoms with E-state index in [1.54, 1.807) is 5.57 Å². The zero-order valence-electron chi connectivity index (χ0n) is 16.5. The Balaban J connectivity index is 1.71. The number of fused-ring (bicyclic) bond motifs is 1. The topological polar surface area (TPSA) is 9.23 Å². The highest BCUT2D eigenvalue weighted by Crippen LogP contribution is 2.59. The number of rotatable bonds is 2. The molecule has 1 heterocycles. The minimum atomic E-state index is -0.578. The third kappa shape index (κ3) is 2.34. The maximum absolute atomic E-state index is 7.20. The molecule has 1 saturated carbocycles. The van der Waals surface area contributed by atoms with Crippen molar-refractivity contribution >= 4 is 11.8 Å². The first kappa shape index (κ1) is 16.9. The number of hydrogen-bond acceptors (Lipinski definition) is 1. The van der Waals surface area contributed by atoms with Gasteiger partial charge in [0.25, 0.3) is 0 Å². The SMILES string of the molecule is C1=C2CCCC23CC=c2ccccc2=C3OC1(c1ccccc1)c1ccccc1. The van der Waals surface area contributed by atoms with Gasteiger partial charge in [-0.05, 0) is 37.0 Å². The fraction of sp³-hybridized carbons (Fsp3) is 0.214. The molecule has 0 radical (unpaired) electrons. The molecule has 1 atom stereocenters. The van der Waals surface area contributed by atoms with Crippen molar-refractivity contribution in [2.24, 2.45) is 5.41 Å². The summed E-state index contributed by atoms with van der Waals surface area (Å²) in [5, 5.41) is 2.57. The molecular formula is C28H24O. The standard InChI is InChI=1S/C28H24O/c1-3-11-22(12-4-1)28(23-13-5-2-6-14-23)20-24-15-9-18-27(24)19-17-21-10-7-8-16-25(21)26(27)29-28/h1-8,10-14,16-17,20H,9,15,18-19H2. The highest BCUT2D eigenvalue weighted by Gasteiger charge is 2.52. The maximum atomic E-state index is 7.20. The fourth-order valence-electron chi connectivity index (χ4n) is 5.61. The lowest BCUT2D eigenvalue weighted by molar-refractivity contribution is 0.0790. The van der Waals surface area contributed by atoms with Crippen molar-refractivity contribution in [2.45, 2.75) is 31.3 Å². The molecule has 0 amide bonds. The molecule has 1 nitrogen and oxygen atoms in total. The molecule has 0 aromatic heterocycles. The van der Waals surface area contributed by atoms with Gasteiger partial charge in [0, 0.05) is 16.3 Å². The molecule has 29 heavy (non-hydrogen) atoms. The van der Waals surface area contributed by atoms with Gasteiger partial charge in [-0.3, -0.25) is 0 Å². The van der Waals surface area contributed by atoms with Crippen molar-refractivity contribution in [2.75, 3.05) is 0 Å². The summed E-state index contributed by atoms with van der Waals surface area (Å²) < 4.78 is 7.20. The van der Waals surface area contributed by atoms with Crippen LogP contribution in [0.15, 0.2) is 96.6 Å². The third-order valence-corrected chi connectivity index (χ3v) is 7.02. The van der Waals surface area contributed by atoms with Crippen molar-refractivity contribution in [3.8, 4) is 0 Å². The number of hydrogen-bond donors (Lipinski definition) is 0. The van der Waals surface area contributed by atoms with Crippen LogP contribution in [0.1, 0.15) is 36.8 Å². The van der Waals surface area contributed by atoms with E-state index in [9.17, 15) is 0 Å². The second-order valence-corrected chi connectivity index (χ2v) is 8.50. The summed E-state index contributed by atoms with van der Waals surface area (Å²) in [5.41, 5.74) is 3.40. The fourth-order valence-corrected chi connectivity index (χ4v) is 5.61. The zero-order valence-corrected chi connectivity index (χ0v) is 16.5. The van der Waals surface area contributed by atoms with Gasteiger partial charge < -0.3 is 4.74 Å². The van der Waals surface area contributed by atoms with E-state index in [1.165, 1.54) is 40.2 Å². The Morgan fingerprint density at radius 2 is 1.38 bits per heavy atom. The zero-order chi connectivity index (χ0) is 19.3. The van der Waals surface area contributed by atoms with E-state index in [4.69, 9.17) is 4.74 Å². The summed E-state index contributed by atoms with van der Waals surface area (Å²) in [6.07, 6.45) is 9.48. The van der Waals surface area contributed by atoms with Gasteiger partial charge in [0.15, 0.2) is 5.60 Å². The Kier molecular flexibility index (Phi) is 3.61. The van der Waals surface area contributed by atoms with E-state index in [1.807, 2.05) is 0 Å². The van der Waals surface area contributed by atoms with Crippen molar-refractivity contribution in [3.05, 3.63) is 118 Å². The molecule has 2 aliphatic carbocycles. The molecular weight excluding hydrogens is 352 g/mol. The van der Waals surface area contributed by atoms with Gasteiger partial charge in [0.1, 0.15) is 5.76 Å². The van der Waals surface area contributed by atoms with E-state index < -0.39 is 5.60 Å². The lowest BCUT2D eigenvalue weighted by Gasteiger charge is -2.46. The van der Waals surface area contributed by atoms with Crippen LogP contribution in [0.3, 0.4) is 0 Å². The molecule has 1 aliphatic heterocycles. The van der Waals surface area contributed by atoms with Gasteiger partial charge in [0.2, 0.25) is 0 Å². The van der Waals surface area contributed by atoms with Crippen LogP contribution < -0.4 is 10.4 Å². The molecule has 1 unspecified atom stereocenters. The Bertz CT molecular complexity index is 1180. The van der Waals surface area contributed by atoms with Gasteiger partial charge in [-0.25, -0.2) is 0 Å². The second kappa shape index (κ2) is 6.22. The highest BCUT2D eigenvalue weighted by atomic mass is 16.5. The smallest absolute Gasteiger partial charge is 0.177 e. The maximum Gasteiger partial charge on any atom is 0.177 e. The number of ether oxygens (including phenoxy) is 1. The summed E-state index contributed by atoms with van der Waals surface area (Å²) >= 11 is 0. The summed E-state index contributed by atoms with van der Waals surface area (Å²) in [7, 11) is 0. The quantitative estimate of drug-likeness (QED) is 0.569. The second-order valence-electron chi connectivity index (χ2n) is 8.50. The van der Waals surface area contributed by atoms with Crippen LogP contribution in [0.2, 0.25) is 0 Å². The molecule has 3 aliphatic rings. The lowest BCUT2D eigenvalue weighted by atomic mass is 9.69. The third-order valence-electron chi connectivity index (χ3n) is 7.02. The van der Waals surface area contributed by atoms with E-state index in [-0.39, 0.29) is 5.41 Å². The van der Waals surface area contributed by atoms with E-state index in [2.05, 4.69) is 97.1 Å². The van der Waals surface area contributed by atoms with Gasteiger partial charge in [-0.1, -0.05) is 96.6 Å². The first-order valence-electron chi connectivity index (χ1n) is 10.6. The molecule has 3 aromatic rings. The molecule has 142 valence electrons. The Morgan fingerprint density at radius 1 is 0.724 bits per heavy atom. The van der Waals surface area contributed by atoms with Crippen molar-refractivity contribution in [1.29, 1.82) is 0 Å². The lowest BCUT2D eigenvalue weighted by Crippen LogP contribution is -2.46. The summed E-state index contributed by atoms with van der Waals surface area (Å²) in [4.78, 5) is 0. The van der Waals surface area contributed by atoms with Crippen LogP contribution in [0.5, 0.6) is 0 Å². The van der Waals surface area contributed by atoms with Crippen LogP contribution >= 0.6 is 0 Å². The van der Waals surface area contributed by atoms with E-state index >= 15 is 0 Å². The average Bonchev–Trinajstić information content (AvgIpc) is 3.21. The van der Waals surface area contributed by atoms with E-state index in [0.29, 0.717) is 0 Å². The highest BCUT2D eigenvalue weighted by molar-refractivity contribution is 5.64. The molecule has 3 aromatic carbocycles. The molecule has 0 N–H and O–H groups in total. The van der Waals surface area contributed by atoms with Crippen LogP contribution in [-0.4, -0.2) is 0 Å². The minimum absolute atomic E-state index is 0.0431. The van der Waals surface area contributed by atoms with Crippen LogP contribution in [0.25, 0.3) is 11.8 Å². The summed E-state index contributed by atoms with van der Waals surface area (Å²) in [6, 6.07) is 30.2. The van der Waals surface area contributed by atoms with Gasteiger partial charge in [-0.2, -0.15) is 0 Å². The van der Waals surface area contributed by atoms with Gasteiger partial charge >= 0.3 is 0 Å². The molecule has 0 saturated heterocycles. The van der Waals surface area contributed by atoms with Gasteiger partial charge in [0.05, 0.1) is 5.41 Å².